The van der Waals surface area contributed by atoms with Gasteiger partial charge in [0.05, 0.1) is 29.2 Å². The molecule has 6 heteroatoms. The van der Waals surface area contributed by atoms with E-state index >= 15 is 0 Å². The molecule has 2 aliphatic rings. The lowest BCUT2D eigenvalue weighted by Gasteiger charge is -2.50. The molecule has 43 heavy (non-hydrogen) atoms. The Morgan fingerprint density at radius 3 is 2.00 bits per heavy atom. The van der Waals surface area contributed by atoms with Gasteiger partial charge >= 0.3 is 0 Å². The largest absolute Gasteiger partial charge is 0.457 e. The Hall–Kier alpha value is -2.07. The van der Waals surface area contributed by atoms with E-state index in [1.165, 1.54) is 30.4 Å². The van der Waals surface area contributed by atoms with Crippen LogP contribution in [0.4, 0.5) is 11.4 Å². The number of benzene rings is 3. The Balaban J connectivity index is 1.73. The van der Waals surface area contributed by atoms with Gasteiger partial charge in [0.25, 0.3) is 0 Å². The van der Waals surface area contributed by atoms with E-state index in [0.29, 0.717) is 17.2 Å². The van der Waals surface area contributed by atoms with E-state index < -0.39 is 5.11 Å². The summed E-state index contributed by atoms with van der Waals surface area (Å²) in [6.07, 6.45) is 3.69. The third kappa shape index (κ3) is 6.24. The molecule has 220 valence electrons. The normalized spacial score (nSPS) is 23.4. The predicted molar refractivity (Wildman–Crippen MR) is 189 cm³/mol. The van der Waals surface area contributed by atoms with E-state index in [1.807, 2.05) is 18.2 Å². The van der Waals surface area contributed by atoms with Crippen molar-refractivity contribution in [3.05, 3.63) is 81.8 Å². The van der Waals surface area contributed by atoms with Crippen LogP contribution in [0.25, 0.3) is 0 Å². The number of hydrogen-bond donors (Lipinski definition) is 0. The maximum Gasteiger partial charge on any atom is 0.129 e. The van der Waals surface area contributed by atoms with Gasteiger partial charge in [0.1, 0.15) is 11.5 Å². The first-order chi connectivity index (χ1) is 19.7. The Morgan fingerprint density at radius 1 is 0.791 bits per heavy atom. The van der Waals surface area contributed by atoms with Crippen LogP contribution in [0.3, 0.4) is 0 Å². The Bertz CT molecular complexity index is 1510. The molecule has 0 aromatic heterocycles. The van der Waals surface area contributed by atoms with Crippen molar-refractivity contribution in [2.45, 2.75) is 104 Å². The van der Waals surface area contributed by atoms with Gasteiger partial charge in [-0.05, 0) is 110 Å². The molecule has 0 amide bonds. The van der Waals surface area contributed by atoms with Gasteiger partial charge in [0, 0.05) is 22.3 Å². The third-order valence-electron chi connectivity index (χ3n) is 10.1. The van der Waals surface area contributed by atoms with Crippen LogP contribution < -0.4 is 9.64 Å². The van der Waals surface area contributed by atoms with Gasteiger partial charge in [-0.15, -0.1) is 5.11 Å². The highest BCUT2D eigenvalue weighted by atomic mass is 79.9. The molecule has 0 heterocycles. The van der Waals surface area contributed by atoms with Crippen molar-refractivity contribution in [2.24, 2.45) is 16.7 Å². The topological polar surface area (TPSA) is 12.5 Å². The number of anilines is 2. The SMILES string of the molecule is [B]C([B])([B])c1cc(Oc2cccc(C(C)(C)C)c2)cc(N(c2cc(C(C)(C)C)ccc2Br)C2C3(C)CCC(C3)C2(C)C)c1. The molecular weight excluding hydrogens is 587 g/mol. The fraction of sp³-hybridized carbons (Fsp3) is 0.514. The maximum atomic E-state index is 6.58. The summed E-state index contributed by atoms with van der Waals surface area (Å²) in [5.74, 6) is 2.08. The minimum Gasteiger partial charge on any atom is -0.457 e. The van der Waals surface area contributed by atoms with E-state index in [4.69, 9.17) is 28.3 Å². The second kappa shape index (κ2) is 10.8. The second-order valence-corrected chi connectivity index (χ2v) is 17.0. The van der Waals surface area contributed by atoms with Crippen LogP contribution in [0.5, 0.6) is 11.5 Å². The van der Waals surface area contributed by atoms with Crippen molar-refractivity contribution in [1.82, 2.24) is 0 Å². The van der Waals surface area contributed by atoms with Gasteiger partial charge in [0.2, 0.25) is 0 Å². The Morgan fingerprint density at radius 2 is 1.42 bits per heavy atom. The molecule has 3 aromatic carbocycles. The lowest BCUT2D eigenvalue weighted by atomic mass is 9.40. The molecule has 3 aromatic rings. The predicted octanol–water partition coefficient (Wildman–Crippen LogP) is 9.81. The van der Waals surface area contributed by atoms with Crippen molar-refractivity contribution in [1.29, 1.82) is 0 Å². The quantitative estimate of drug-likeness (QED) is 0.251. The standard InChI is InChI=1S/C37H45B3BrNO/c1-33(2,3)23-11-10-12-28(18-23)43-29-19-26(37(38,39)40)17-27(21-29)42(31-20-24(34(4,5)6)13-14-30(31)41)32-35(7,8)25-15-16-36(32,9)22-25/h10-14,17-21,25,32H,15-16,22H2,1-9H3. The third-order valence-corrected chi connectivity index (χ3v) is 10.8. The summed E-state index contributed by atoms with van der Waals surface area (Å²) in [5, 5.41) is -1.54. The summed E-state index contributed by atoms with van der Waals surface area (Å²) < 4.78 is 7.63. The molecule has 2 nitrogen and oxygen atoms in total. The molecule has 3 unspecified atom stereocenters. The molecule has 0 N–H and O–H groups in total. The molecule has 2 fully saturated rings. The molecule has 2 saturated carbocycles. The number of ether oxygens (including phenoxy) is 1. The number of rotatable bonds is 6. The smallest absolute Gasteiger partial charge is 0.129 e. The van der Waals surface area contributed by atoms with Crippen molar-refractivity contribution >= 4 is 50.8 Å². The molecule has 3 atom stereocenters. The highest BCUT2D eigenvalue weighted by molar-refractivity contribution is 9.10. The van der Waals surface area contributed by atoms with Gasteiger partial charge in [-0.25, -0.2) is 0 Å². The van der Waals surface area contributed by atoms with E-state index in [-0.39, 0.29) is 27.7 Å². The van der Waals surface area contributed by atoms with Crippen molar-refractivity contribution in [3.8, 4) is 11.5 Å². The number of nitrogens with zero attached hydrogens (tertiary/aromatic N) is 1. The number of hydrogen-bond acceptors (Lipinski definition) is 2. The molecule has 0 spiro atoms. The van der Waals surface area contributed by atoms with Crippen LogP contribution in [0, 0.1) is 16.7 Å². The molecule has 2 bridgehead atoms. The molecule has 5 rings (SSSR count). The summed E-state index contributed by atoms with van der Waals surface area (Å²) in [4.78, 5) is 2.53. The molecule has 0 aliphatic heterocycles. The van der Waals surface area contributed by atoms with Crippen LogP contribution >= 0.6 is 15.9 Å². The summed E-state index contributed by atoms with van der Waals surface area (Å²) in [7, 11) is 19.2. The monoisotopic (exact) mass is 631 g/mol. The molecule has 2 aliphatic carbocycles. The van der Waals surface area contributed by atoms with Crippen LogP contribution in [0.2, 0.25) is 0 Å². The highest BCUT2D eigenvalue weighted by Gasteiger charge is 2.61. The van der Waals surface area contributed by atoms with Gasteiger partial charge in [0.15, 0.2) is 0 Å². The zero-order chi connectivity index (χ0) is 31.8. The minimum absolute atomic E-state index is 0.00271. The van der Waals surface area contributed by atoms with Crippen molar-refractivity contribution in [2.75, 3.05) is 4.90 Å². The van der Waals surface area contributed by atoms with Crippen LogP contribution in [0.15, 0.2) is 65.1 Å². The average Bonchev–Trinajstić information content (AvgIpc) is 3.36. The van der Waals surface area contributed by atoms with E-state index in [1.54, 1.807) is 0 Å². The van der Waals surface area contributed by atoms with Crippen molar-refractivity contribution in [3.63, 3.8) is 0 Å². The zero-order valence-corrected chi connectivity index (χ0v) is 29.1. The summed E-state index contributed by atoms with van der Waals surface area (Å²) >= 11 is 3.96. The van der Waals surface area contributed by atoms with Gasteiger partial charge in [-0.3, -0.25) is 0 Å². The minimum atomic E-state index is -1.54. The highest BCUT2D eigenvalue weighted by Crippen LogP contribution is 2.66. The Kier molecular flexibility index (Phi) is 8.11. The van der Waals surface area contributed by atoms with Gasteiger partial charge in [-0.1, -0.05) is 86.1 Å². The second-order valence-electron chi connectivity index (χ2n) is 16.1. The number of fused-ring (bicyclic) bond motifs is 2. The maximum absolute atomic E-state index is 6.58. The summed E-state index contributed by atoms with van der Waals surface area (Å²) in [6, 6.07) is 21.3. The number of halogens is 1. The summed E-state index contributed by atoms with van der Waals surface area (Å²) in [5.41, 5.74) is 5.42. The van der Waals surface area contributed by atoms with Crippen LogP contribution in [-0.2, 0) is 15.9 Å². The molecule has 0 saturated heterocycles. The lowest BCUT2D eigenvalue weighted by Crippen LogP contribution is -2.51. The van der Waals surface area contributed by atoms with E-state index in [2.05, 4.69) is 126 Å². The fourth-order valence-corrected chi connectivity index (χ4v) is 8.14. The van der Waals surface area contributed by atoms with E-state index in [9.17, 15) is 0 Å². The molecule has 6 radical (unpaired) electrons. The Labute approximate surface area is 273 Å². The summed E-state index contributed by atoms with van der Waals surface area (Å²) in [6.45, 7) is 20.8. The van der Waals surface area contributed by atoms with Gasteiger partial charge < -0.3 is 9.64 Å². The zero-order valence-electron chi connectivity index (χ0n) is 27.5. The first-order valence-corrected chi connectivity index (χ1v) is 16.4. The van der Waals surface area contributed by atoms with E-state index in [0.717, 1.165) is 21.6 Å². The molecular formula is C37H45B3BrNO. The van der Waals surface area contributed by atoms with Crippen LogP contribution in [-0.4, -0.2) is 29.6 Å². The first kappa shape index (κ1) is 32.3. The van der Waals surface area contributed by atoms with Crippen molar-refractivity contribution < 1.29 is 4.74 Å². The lowest BCUT2D eigenvalue weighted by molar-refractivity contribution is 0.140. The van der Waals surface area contributed by atoms with Crippen LogP contribution in [0.1, 0.15) is 98.3 Å². The fourth-order valence-electron chi connectivity index (χ4n) is 7.70. The van der Waals surface area contributed by atoms with Gasteiger partial charge in [-0.2, -0.15) is 0 Å². The first-order valence-electron chi connectivity index (χ1n) is 15.6. The average molecular weight is 632 g/mol.